The number of rotatable bonds is 11. The monoisotopic (exact) mass is 458 g/mol. The SMILES string of the molecule is C=C.CC.CC.CCC(C)CCC(C)C(C)/C=C\C(C)/C(C)=C/C=C(C)/C(C)=C/C=C(C)C. The van der Waals surface area contributed by atoms with E-state index in [-0.39, 0.29) is 0 Å². The molecule has 0 spiro atoms. The zero-order chi connectivity index (χ0) is 27.0. The summed E-state index contributed by atoms with van der Waals surface area (Å²) >= 11 is 0. The number of hydrogen-bond acceptors (Lipinski definition) is 0. The van der Waals surface area contributed by atoms with E-state index >= 15 is 0 Å². The molecule has 0 aliphatic carbocycles. The fourth-order valence-electron chi connectivity index (χ4n) is 2.66. The minimum atomic E-state index is 0.486. The molecule has 4 atom stereocenters. The zero-order valence-corrected chi connectivity index (χ0v) is 25.3. The van der Waals surface area contributed by atoms with Crippen LogP contribution in [0.4, 0.5) is 0 Å². The highest BCUT2D eigenvalue weighted by molar-refractivity contribution is 5.34. The van der Waals surface area contributed by atoms with Crippen molar-refractivity contribution in [3.8, 4) is 0 Å². The molecule has 0 heteroatoms. The molecular formula is C33H62. The van der Waals surface area contributed by atoms with Gasteiger partial charge in [-0.2, -0.15) is 0 Å². The Labute approximate surface area is 211 Å². The molecule has 194 valence electrons. The van der Waals surface area contributed by atoms with Crippen LogP contribution < -0.4 is 0 Å². The van der Waals surface area contributed by atoms with Gasteiger partial charge in [0.1, 0.15) is 0 Å². The molecule has 0 fully saturated rings. The Balaban J connectivity index is -0.000000642. The molecule has 0 N–H and O–H groups in total. The van der Waals surface area contributed by atoms with E-state index in [0.29, 0.717) is 11.8 Å². The summed E-state index contributed by atoms with van der Waals surface area (Å²) in [5, 5.41) is 0. The summed E-state index contributed by atoms with van der Waals surface area (Å²) in [6.45, 7) is 36.6. The molecule has 0 heterocycles. The Hall–Kier alpha value is -1.56. The van der Waals surface area contributed by atoms with E-state index in [4.69, 9.17) is 0 Å². The molecule has 0 aromatic rings. The molecule has 0 saturated heterocycles. The second-order valence-electron chi connectivity index (χ2n) is 8.95. The van der Waals surface area contributed by atoms with Crippen molar-refractivity contribution in [2.24, 2.45) is 23.7 Å². The predicted octanol–water partition coefficient (Wildman–Crippen LogP) is 11.9. The topological polar surface area (TPSA) is 0 Å². The van der Waals surface area contributed by atoms with Crippen LogP contribution in [0.5, 0.6) is 0 Å². The van der Waals surface area contributed by atoms with Crippen molar-refractivity contribution in [2.75, 3.05) is 0 Å². The zero-order valence-electron chi connectivity index (χ0n) is 25.3. The summed E-state index contributed by atoms with van der Waals surface area (Å²) in [7, 11) is 0. The van der Waals surface area contributed by atoms with Crippen LogP contribution in [0.15, 0.2) is 71.9 Å². The van der Waals surface area contributed by atoms with Gasteiger partial charge in [-0.1, -0.05) is 123 Å². The van der Waals surface area contributed by atoms with Crippen molar-refractivity contribution < 1.29 is 0 Å². The van der Waals surface area contributed by atoms with Gasteiger partial charge in [-0.05, 0) is 75.9 Å². The predicted molar refractivity (Wildman–Crippen MR) is 160 cm³/mol. The Morgan fingerprint density at radius 1 is 0.667 bits per heavy atom. The molecule has 0 amide bonds. The molecule has 0 radical (unpaired) electrons. The number of allylic oxidation sites excluding steroid dienone is 10. The van der Waals surface area contributed by atoms with E-state index in [2.05, 4.69) is 119 Å². The summed E-state index contributed by atoms with van der Waals surface area (Å²) in [4.78, 5) is 0. The van der Waals surface area contributed by atoms with E-state index < -0.39 is 0 Å². The molecule has 0 aliphatic heterocycles. The molecule has 4 unspecified atom stereocenters. The second-order valence-corrected chi connectivity index (χ2v) is 8.95. The lowest BCUT2D eigenvalue weighted by atomic mass is 9.87. The lowest BCUT2D eigenvalue weighted by molar-refractivity contribution is 0.369. The normalized spacial score (nSPS) is 15.5. The minimum Gasteiger partial charge on any atom is -0.106 e. The third-order valence-electron chi connectivity index (χ3n) is 6.02. The first-order valence-corrected chi connectivity index (χ1v) is 13.4. The van der Waals surface area contributed by atoms with Gasteiger partial charge in [0.15, 0.2) is 0 Å². The number of hydrogen-bond donors (Lipinski definition) is 0. The van der Waals surface area contributed by atoms with Crippen LogP contribution in [-0.2, 0) is 0 Å². The highest BCUT2D eigenvalue weighted by atomic mass is 14.2. The molecule has 33 heavy (non-hydrogen) atoms. The van der Waals surface area contributed by atoms with E-state index in [1.165, 1.54) is 41.6 Å². The van der Waals surface area contributed by atoms with Crippen molar-refractivity contribution in [3.05, 3.63) is 71.9 Å². The molecule has 0 saturated carbocycles. The van der Waals surface area contributed by atoms with Crippen molar-refractivity contribution in [1.29, 1.82) is 0 Å². The molecule has 0 aliphatic rings. The van der Waals surface area contributed by atoms with Gasteiger partial charge in [0.25, 0.3) is 0 Å². The van der Waals surface area contributed by atoms with Crippen molar-refractivity contribution in [1.82, 2.24) is 0 Å². The Morgan fingerprint density at radius 2 is 1.12 bits per heavy atom. The van der Waals surface area contributed by atoms with Crippen molar-refractivity contribution in [3.63, 3.8) is 0 Å². The van der Waals surface area contributed by atoms with Crippen molar-refractivity contribution in [2.45, 2.75) is 116 Å². The second kappa shape index (κ2) is 26.7. The fraction of sp³-hybridized carbons (Fsp3) is 0.636. The maximum Gasteiger partial charge on any atom is -0.00512 e. The maximum atomic E-state index is 3.00. The third kappa shape index (κ3) is 23.4. The third-order valence-corrected chi connectivity index (χ3v) is 6.02. The summed E-state index contributed by atoms with van der Waals surface area (Å²) in [5.74, 6) is 2.75. The first-order valence-electron chi connectivity index (χ1n) is 13.4. The van der Waals surface area contributed by atoms with Crippen LogP contribution in [0.25, 0.3) is 0 Å². The van der Waals surface area contributed by atoms with Gasteiger partial charge in [-0.15, -0.1) is 13.2 Å². The lowest BCUT2D eigenvalue weighted by Gasteiger charge is -2.19. The molecular weight excluding hydrogens is 396 g/mol. The minimum absolute atomic E-state index is 0.486. The Morgan fingerprint density at radius 3 is 1.55 bits per heavy atom. The molecule has 0 bridgehead atoms. The maximum absolute atomic E-state index is 3.00. The lowest BCUT2D eigenvalue weighted by Crippen LogP contribution is -2.08. The van der Waals surface area contributed by atoms with Crippen LogP contribution in [-0.4, -0.2) is 0 Å². The smallest absolute Gasteiger partial charge is 0.00512 e. The average Bonchev–Trinajstić information content (AvgIpc) is 2.85. The van der Waals surface area contributed by atoms with Gasteiger partial charge in [0.2, 0.25) is 0 Å². The van der Waals surface area contributed by atoms with E-state index in [9.17, 15) is 0 Å². The first kappa shape index (κ1) is 38.7. The molecule has 0 aromatic heterocycles. The van der Waals surface area contributed by atoms with Crippen LogP contribution in [0.2, 0.25) is 0 Å². The van der Waals surface area contributed by atoms with Crippen LogP contribution in [0.1, 0.15) is 116 Å². The Bertz CT molecular complexity index is 575. The van der Waals surface area contributed by atoms with Gasteiger partial charge < -0.3 is 0 Å². The summed E-state index contributed by atoms with van der Waals surface area (Å²) < 4.78 is 0. The highest BCUT2D eigenvalue weighted by Gasteiger charge is 2.11. The van der Waals surface area contributed by atoms with Crippen molar-refractivity contribution >= 4 is 0 Å². The van der Waals surface area contributed by atoms with Gasteiger partial charge in [-0.25, -0.2) is 0 Å². The van der Waals surface area contributed by atoms with Gasteiger partial charge in [0, 0.05) is 0 Å². The van der Waals surface area contributed by atoms with E-state index in [0.717, 1.165) is 11.8 Å². The summed E-state index contributed by atoms with van der Waals surface area (Å²) in [6, 6.07) is 0. The van der Waals surface area contributed by atoms with E-state index in [1.807, 2.05) is 27.7 Å². The standard InChI is InChI=1S/C27H46.2C2H6.C2H4/c1-11-21(4)13-15-23(6)25(8)17-19-27(10)26(9)18-16-24(7)22(5)14-12-20(2)3;3*1-2/h12,14,16-19,21,23,25,27H,11,13,15H2,1-10H3;2*1-2H3;1-2H2/b19-17-,22-14+,24-16+,26-18+;;;. The average molecular weight is 459 g/mol. The van der Waals surface area contributed by atoms with Gasteiger partial charge in [0.05, 0.1) is 0 Å². The van der Waals surface area contributed by atoms with Crippen LogP contribution in [0.3, 0.4) is 0 Å². The van der Waals surface area contributed by atoms with Gasteiger partial charge in [-0.3, -0.25) is 0 Å². The first-order chi connectivity index (χ1) is 15.6. The molecule has 0 rings (SSSR count). The van der Waals surface area contributed by atoms with E-state index in [1.54, 1.807) is 0 Å². The highest BCUT2D eigenvalue weighted by Crippen LogP contribution is 2.23. The molecule has 0 aromatic carbocycles. The summed E-state index contributed by atoms with van der Waals surface area (Å²) in [5.41, 5.74) is 5.41. The fourth-order valence-corrected chi connectivity index (χ4v) is 2.66. The van der Waals surface area contributed by atoms with Crippen LogP contribution >= 0.6 is 0 Å². The summed E-state index contributed by atoms with van der Waals surface area (Å²) in [6.07, 6.45) is 17.7. The Kier molecular flexibility index (Phi) is 31.3. The largest absolute Gasteiger partial charge is 0.106 e. The quantitative estimate of drug-likeness (QED) is 0.213. The molecule has 0 nitrogen and oxygen atoms in total. The van der Waals surface area contributed by atoms with Crippen LogP contribution in [0, 0.1) is 23.7 Å². The van der Waals surface area contributed by atoms with Gasteiger partial charge >= 0.3 is 0 Å².